The number of rotatable bonds is 5. The molecule has 2 aliphatic rings. The van der Waals surface area contributed by atoms with Gasteiger partial charge in [0.2, 0.25) is 0 Å². The van der Waals surface area contributed by atoms with E-state index in [1.54, 1.807) is 0 Å². The van der Waals surface area contributed by atoms with Gasteiger partial charge in [-0.3, -0.25) is 0 Å². The summed E-state index contributed by atoms with van der Waals surface area (Å²) in [7, 11) is 0. The molecule has 2 aromatic rings. The smallest absolute Gasteiger partial charge is 0.140 e. The average Bonchev–Trinajstić information content (AvgIpc) is 3.26. The second-order valence-corrected chi connectivity index (χ2v) is 9.20. The molecule has 0 saturated heterocycles. The molecule has 1 atom stereocenters. The van der Waals surface area contributed by atoms with Gasteiger partial charge in [-0.05, 0) is 63.5 Å². The Labute approximate surface area is 156 Å². The standard InChI is InChI=1S/C22H32N2O2/c1-21(2,16-9-15-26-19-7-12-23-20(16)19)10-11-22(3,4)24-13-8-18-17(24)6-5-14-25-18/h7-8,12-13,16,23H,5-6,9-11,14-15H2,1-4H3. The van der Waals surface area contributed by atoms with Gasteiger partial charge in [0.25, 0.3) is 0 Å². The quantitative estimate of drug-likeness (QED) is 0.795. The summed E-state index contributed by atoms with van der Waals surface area (Å²) < 4.78 is 14.1. The summed E-state index contributed by atoms with van der Waals surface area (Å²) in [6.07, 6.45) is 9.89. The van der Waals surface area contributed by atoms with E-state index in [1.807, 2.05) is 6.20 Å². The fourth-order valence-corrected chi connectivity index (χ4v) is 4.71. The maximum atomic E-state index is 5.83. The first-order valence-corrected chi connectivity index (χ1v) is 10.0. The van der Waals surface area contributed by atoms with Crippen LogP contribution >= 0.6 is 0 Å². The first-order chi connectivity index (χ1) is 12.4. The van der Waals surface area contributed by atoms with Crippen LogP contribution in [-0.4, -0.2) is 22.8 Å². The number of nitrogens with one attached hydrogen (secondary N) is 1. The molecular weight excluding hydrogens is 324 g/mol. The van der Waals surface area contributed by atoms with Crippen LogP contribution in [0.3, 0.4) is 0 Å². The molecule has 4 rings (SSSR count). The number of aromatic nitrogens is 2. The first kappa shape index (κ1) is 17.6. The van der Waals surface area contributed by atoms with E-state index in [0.717, 1.165) is 50.4 Å². The fraction of sp³-hybridized carbons (Fsp3) is 0.636. The van der Waals surface area contributed by atoms with Crippen LogP contribution in [0.4, 0.5) is 0 Å². The average molecular weight is 357 g/mol. The minimum Gasteiger partial charge on any atom is -0.492 e. The Bertz CT molecular complexity index is 769. The Morgan fingerprint density at radius 2 is 1.88 bits per heavy atom. The molecule has 0 bridgehead atoms. The molecule has 0 radical (unpaired) electrons. The van der Waals surface area contributed by atoms with Gasteiger partial charge in [-0.25, -0.2) is 0 Å². The molecule has 1 unspecified atom stereocenters. The van der Waals surface area contributed by atoms with Crippen LogP contribution in [0.1, 0.15) is 70.7 Å². The third-order valence-electron chi connectivity index (χ3n) is 6.49. The monoisotopic (exact) mass is 356 g/mol. The summed E-state index contributed by atoms with van der Waals surface area (Å²) in [5.74, 6) is 2.66. The predicted molar refractivity (Wildman–Crippen MR) is 104 cm³/mol. The van der Waals surface area contributed by atoms with Gasteiger partial charge in [0.1, 0.15) is 11.5 Å². The van der Waals surface area contributed by atoms with Gasteiger partial charge in [-0.15, -0.1) is 0 Å². The van der Waals surface area contributed by atoms with E-state index in [4.69, 9.17) is 9.47 Å². The molecule has 2 aliphatic heterocycles. The highest BCUT2D eigenvalue weighted by Crippen LogP contribution is 2.47. The second kappa shape index (κ2) is 6.40. The molecule has 2 aromatic heterocycles. The molecule has 0 aliphatic carbocycles. The van der Waals surface area contributed by atoms with Gasteiger partial charge >= 0.3 is 0 Å². The van der Waals surface area contributed by atoms with Gasteiger partial charge in [0, 0.05) is 23.9 Å². The Kier molecular flexibility index (Phi) is 4.32. The third-order valence-corrected chi connectivity index (χ3v) is 6.49. The van der Waals surface area contributed by atoms with E-state index in [9.17, 15) is 0 Å². The number of hydrogen-bond donors (Lipinski definition) is 1. The van der Waals surface area contributed by atoms with Gasteiger partial charge in [0.05, 0.1) is 24.6 Å². The van der Waals surface area contributed by atoms with E-state index in [2.05, 4.69) is 55.6 Å². The molecule has 0 fully saturated rings. The molecule has 0 amide bonds. The van der Waals surface area contributed by atoms with Crippen molar-refractivity contribution >= 4 is 0 Å². The number of aromatic amines is 1. The minimum absolute atomic E-state index is 0.0925. The summed E-state index contributed by atoms with van der Waals surface area (Å²) in [5, 5.41) is 0. The zero-order chi connectivity index (χ0) is 18.4. The lowest BCUT2D eigenvalue weighted by Crippen LogP contribution is -2.33. The maximum absolute atomic E-state index is 5.83. The highest BCUT2D eigenvalue weighted by molar-refractivity contribution is 5.34. The summed E-state index contributed by atoms with van der Waals surface area (Å²) in [4.78, 5) is 3.43. The van der Waals surface area contributed by atoms with Crippen LogP contribution in [-0.2, 0) is 12.0 Å². The topological polar surface area (TPSA) is 39.2 Å². The van der Waals surface area contributed by atoms with Crippen LogP contribution in [0.25, 0.3) is 0 Å². The summed E-state index contributed by atoms with van der Waals surface area (Å²) in [6.45, 7) is 11.2. The molecule has 0 spiro atoms. The second-order valence-electron chi connectivity index (χ2n) is 9.20. The molecule has 1 N–H and O–H groups in total. The largest absolute Gasteiger partial charge is 0.492 e. The molecule has 26 heavy (non-hydrogen) atoms. The summed E-state index contributed by atoms with van der Waals surface area (Å²) in [5.41, 5.74) is 2.97. The number of H-pyrrole nitrogens is 1. The highest BCUT2D eigenvalue weighted by atomic mass is 16.5. The van der Waals surface area contributed by atoms with Crippen molar-refractivity contribution < 1.29 is 9.47 Å². The normalized spacial score (nSPS) is 20.1. The van der Waals surface area contributed by atoms with Crippen molar-refractivity contribution in [3.63, 3.8) is 0 Å². The summed E-state index contributed by atoms with van der Waals surface area (Å²) >= 11 is 0. The Hall–Kier alpha value is -1.84. The van der Waals surface area contributed by atoms with E-state index >= 15 is 0 Å². The van der Waals surface area contributed by atoms with Crippen molar-refractivity contribution in [3.05, 3.63) is 35.9 Å². The lowest BCUT2D eigenvalue weighted by molar-refractivity contribution is 0.155. The molecular formula is C22H32N2O2. The fourth-order valence-electron chi connectivity index (χ4n) is 4.71. The molecule has 4 heteroatoms. The van der Waals surface area contributed by atoms with Crippen LogP contribution in [0, 0.1) is 5.41 Å². The van der Waals surface area contributed by atoms with Gasteiger partial charge in [0.15, 0.2) is 0 Å². The number of hydrogen-bond acceptors (Lipinski definition) is 2. The minimum atomic E-state index is 0.0925. The van der Waals surface area contributed by atoms with Crippen molar-refractivity contribution in [2.45, 2.75) is 71.3 Å². The van der Waals surface area contributed by atoms with Crippen molar-refractivity contribution in [1.29, 1.82) is 0 Å². The molecule has 4 heterocycles. The SMILES string of the molecule is CC(C)(CCC(C)(C)n1ccc2c1CCCO2)C1CCOc2cc[nH]c21. The van der Waals surface area contributed by atoms with Crippen molar-refractivity contribution in [3.8, 4) is 11.5 Å². The Balaban J connectivity index is 1.50. The molecule has 0 aromatic carbocycles. The number of fused-ring (bicyclic) bond motifs is 2. The van der Waals surface area contributed by atoms with E-state index in [-0.39, 0.29) is 11.0 Å². The first-order valence-electron chi connectivity index (χ1n) is 10.0. The third kappa shape index (κ3) is 3.04. The van der Waals surface area contributed by atoms with Crippen molar-refractivity contribution in [2.75, 3.05) is 13.2 Å². The Morgan fingerprint density at radius 1 is 1.08 bits per heavy atom. The predicted octanol–water partition coefficient (Wildman–Crippen LogP) is 5.25. The van der Waals surface area contributed by atoms with Gasteiger partial charge in [-0.2, -0.15) is 0 Å². The van der Waals surface area contributed by atoms with Gasteiger partial charge < -0.3 is 19.0 Å². The van der Waals surface area contributed by atoms with E-state index < -0.39 is 0 Å². The number of ether oxygens (including phenoxy) is 2. The zero-order valence-electron chi connectivity index (χ0n) is 16.6. The van der Waals surface area contributed by atoms with Crippen molar-refractivity contribution in [1.82, 2.24) is 9.55 Å². The van der Waals surface area contributed by atoms with E-state index in [1.165, 1.54) is 17.8 Å². The zero-order valence-corrected chi connectivity index (χ0v) is 16.6. The van der Waals surface area contributed by atoms with Crippen LogP contribution < -0.4 is 9.47 Å². The summed E-state index contributed by atoms with van der Waals surface area (Å²) in [6, 6.07) is 4.21. The molecule has 142 valence electrons. The highest BCUT2D eigenvalue weighted by Gasteiger charge is 2.37. The molecule has 0 saturated carbocycles. The van der Waals surface area contributed by atoms with E-state index in [0.29, 0.717) is 5.92 Å². The van der Waals surface area contributed by atoms with Crippen LogP contribution in [0.5, 0.6) is 11.5 Å². The Morgan fingerprint density at radius 3 is 2.73 bits per heavy atom. The molecule has 4 nitrogen and oxygen atoms in total. The lowest BCUT2D eigenvalue weighted by Gasteiger charge is -2.40. The van der Waals surface area contributed by atoms with Crippen LogP contribution in [0.2, 0.25) is 0 Å². The lowest BCUT2D eigenvalue weighted by atomic mass is 9.70. The van der Waals surface area contributed by atoms with Gasteiger partial charge in [-0.1, -0.05) is 13.8 Å². The number of nitrogens with zero attached hydrogens (tertiary/aromatic N) is 1. The van der Waals surface area contributed by atoms with Crippen molar-refractivity contribution in [2.24, 2.45) is 5.41 Å². The van der Waals surface area contributed by atoms with Crippen LogP contribution in [0.15, 0.2) is 24.5 Å². The maximum Gasteiger partial charge on any atom is 0.140 e.